The lowest BCUT2D eigenvalue weighted by atomic mass is 9.99. The third-order valence-corrected chi connectivity index (χ3v) is 7.83. The van der Waals surface area contributed by atoms with Crippen LogP contribution in [0.4, 0.5) is 24.9 Å². The minimum absolute atomic E-state index is 0.0210. The van der Waals surface area contributed by atoms with Gasteiger partial charge in [0.1, 0.15) is 5.82 Å². The van der Waals surface area contributed by atoms with Gasteiger partial charge in [-0.05, 0) is 57.8 Å². The van der Waals surface area contributed by atoms with Crippen molar-refractivity contribution >= 4 is 22.8 Å². The lowest BCUT2D eigenvalue weighted by molar-refractivity contribution is -0.144. The molecule has 2 atom stereocenters. The fourth-order valence-corrected chi connectivity index (χ4v) is 5.89. The number of rotatable bonds is 6. The number of hydrogen-bond acceptors (Lipinski definition) is 8. The normalized spacial score (nSPS) is 20.1. The first-order valence-corrected chi connectivity index (χ1v) is 14.0. The van der Waals surface area contributed by atoms with E-state index in [0.29, 0.717) is 43.6 Å². The average molecular weight is 570 g/mol. The van der Waals surface area contributed by atoms with E-state index in [-0.39, 0.29) is 41.4 Å². The van der Waals surface area contributed by atoms with E-state index < -0.39 is 11.9 Å². The topological polar surface area (TPSA) is 98.0 Å². The second-order valence-corrected chi connectivity index (χ2v) is 10.7. The number of ether oxygens (including phenoxy) is 1. The van der Waals surface area contributed by atoms with E-state index in [1.165, 1.54) is 0 Å². The van der Waals surface area contributed by atoms with Crippen LogP contribution in [-0.2, 0) is 17.5 Å². The van der Waals surface area contributed by atoms with Gasteiger partial charge in [0.15, 0.2) is 5.69 Å². The molecular formula is C28H34F3N9O. The highest BCUT2D eigenvalue weighted by Crippen LogP contribution is 2.40. The molecule has 10 nitrogen and oxygen atoms in total. The number of imidazole rings is 1. The Labute approximate surface area is 235 Å². The van der Waals surface area contributed by atoms with Gasteiger partial charge in [0.25, 0.3) is 0 Å². The standard InChI is InChI=1S/C28H34F3N9O/c1-17-16-41-12-11-38(17)23-13-21(35-27(36-23)40-22-9-5-4-8-20(22)34-26(40)32-3)24-18(2)37-39(25(24)28(29,30)31)15-19-7-6-10-33-14-19/h4-5,8-9,13,17,19,33H,6-7,10-12,14-16H2,1-3H3,(H,32,34)/t17-,19?/m1/s1. The monoisotopic (exact) mass is 569 g/mol. The summed E-state index contributed by atoms with van der Waals surface area (Å²) in [4.78, 5) is 16.3. The van der Waals surface area contributed by atoms with Crippen molar-refractivity contribution in [1.82, 2.24) is 34.6 Å². The predicted octanol–water partition coefficient (Wildman–Crippen LogP) is 4.27. The second kappa shape index (κ2) is 10.9. The molecule has 1 unspecified atom stereocenters. The first-order chi connectivity index (χ1) is 19.7. The van der Waals surface area contributed by atoms with E-state index >= 15 is 0 Å². The Morgan fingerprint density at radius 2 is 2.00 bits per heavy atom. The van der Waals surface area contributed by atoms with Crippen molar-refractivity contribution in [3.8, 4) is 17.2 Å². The first-order valence-electron chi connectivity index (χ1n) is 14.0. The average Bonchev–Trinajstić information content (AvgIpc) is 3.50. The number of aromatic nitrogens is 6. The Bertz CT molecular complexity index is 1540. The van der Waals surface area contributed by atoms with E-state index in [0.717, 1.165) is 29.6 Å². The van der Waals surface area contributed by atoms with Crippen LogP contribution in [0.25, 0.3) is 28.2 Å². The zero-order valence-corrected chi connectivity index (χ0v) is 23.4. The zero-order valence-electron chi connectivity index (χ0n) is 23.4. The summed E-state index contributed by atoms with van der Waals surface area (Å²) in [5, 5.41) is 10.8. The van der Waals surface area contributed by atoms with Crippen LogP contribution in [0, 0.1) is 12.8 Å². The number of fused-ring (bicyclic) bond motifs is 1. The molecule has 2 aliphatic heterocycles. The minimum atomic E-state index is -4.63. The molecule has 41 heavy (non-hydrogen) atoms. The van der Waals surface area contributed by atoms with Crippen LogP contribution in [0.15, 0.2) is 30.3 Å². The summed E-state index contributed by atoms with van der Waals surface area (Å²) in [6, 6.07) is 9.15. The molecule has 0 spiro atoms. The highest BCUT2D eigenvalue weighted by molar-refractivity contribution is 5.81. The SMILES string of the molecule is CNc1nc2ccccc2n1-c1nc(-c2c(C)nn(CC3CCCNC3)c2C(F)(F)F)cc(N2CCOC[C@H]2C)n1. The van der Waals surface area contributed by atoms with Crippen LogP contribution < -0.4 is 15.5 Å². The van der Waals surface area contributed by atoms with E-state index in [4.69, 9.17) is 14.7 Å². The molecule has 4 aromatic rings. The van der Waals surface area contributed by atoms with Gasteiger partial charge in [-0.2, -0.15) is 23.3 Å². The number of alkyl halides is 3. The summed E-state index contributed by atoms with van der Waals surface area (Å²) in [6.45, 7) is 6.90. The van der Waals surface area contributed by atoms with Gasteiger partial charge in [-0.15, -0.1) is 0 Å². The Morgan fingerprint density at radius 1 is 1.17 bits per heavy atom. The molecule has 6 rings (SSSR count). The van der Waals surface area contributed by atoms with E-state index in [1.807, 2.05) is 31.2 Å². The fourth-order valence-electron chi connectivity index (χ4n) is 5.89. The maximum atomic E-state index is 14.8. The van der Waals surface area contributed by atoms with Crippen molar-refractivity contribution in [2.24, 2.45) is 5.92 Å². The third kappa shape index (κ3) is 5.23. The molecule has 0 saturated carbocycles. The Hall–Kier alpha value is -3.71. The van der Waals surface area contributed by atoms with Gasteiger partial charge in [0.2, 0.25) is 11.9 Å². The highest BCUT2D eigenvalue weighted by Gasteiger charge is 2.41. The third-order valence-electron chi connectivity index (χ3n) is 7.83. The molecule has 2 saturated heterocycles. The van der Waals surface area contributed by atoms with Crippen molar-refractivity contribution in [2.75, 3.05) is 50.1 Å². The molecule has 1 aromatic carbocycles. The van der Waals surface area contributed by atoms with Gasteiger partial charge in [-0.25, -0.2) is 14.5 Å². The molecule has 0 amide bonds. The highest BCUT2D eigenvalue weighted by atomic mass is 19.4. The quantitative estimate of drug-likeness (QED) is 0.355. The molecule has 0 aliphatic carbocycles. The summed E-state index contributed by atoms with van der Waals surface area (Å²) in [5.41, 5.74) is 1.09. The Kier molecular flexibility index (Phi) is 7.32. The molecule has 0 radical (unpaired) electrons. The van der Waals surface area contributed by atoms with Gasteiger partial charge < -0.3 is 20.3 Å². The number of para-hydroxylation sites is 2. The first kappa shape index (κ1) is 27.5. The Balaban J connectivity index is 1.56. The van der Waals surface area contributed by atoms with Crippen molar-refractivity contribution in [2.45, 2.75) is 45.5 Å². The maximum Gasteiger partial charge on any atom is 0.433 e. The molecule has 5 heterocycles. The summed E-state index contributed by atoms with van der Waals surface area (Å²) in [5.74, 6) is 1.30. The summed E-state index contributed by atoms with van der Waals surface area (Å²) < 4.78 is 52.9. The van der Waals surface area contributed by atoms with Crippen LogP contribution in [0.5, 0.6) is 0 Å². The molecule has 3 aromatic heterocycles. The molecule has 2 aliphatic rings. The number of benzene rings is 1. The van der Waals surface area contributed by atoms with Gasteiger partial charge in [0, 0.05) is 26.2 Å². The summed E-state index contributed by atoms with van der Waals surface area (Å²) in [7, 11) is 1.74. The second-order valence-electron chi connectivity index (χ2n) is 10.7. The van der Waals surface area contributed by atoms with E-state index in [2.05, 4.69) is 25.6 Å². The molecule has 2 N–H and O–H groups in total. The Morgan fingerprint density at radius 3 is 2.73 bits per heavy atom. The molecule has 218 valence electrons. The lowest BCUT2D eigenvalue weighted by Gasteiger charge is -2.34. The lowest BCUT2D eigenvalue weighted by Crippen LogP contribution is -2.44. The molecular weight excluding hydrogens is 535 g/mol. The van der Waals surface area contributed by atoms with Crippen LogP contribution in [0.2, 0.25) is 0 Å². The summed E-state index contributed by atoms with van der Waals surface area (Å²) in [6.07, 6.45) is -2.84. The van der Waals surface area contributed by atoms with Gasteiger partial charge in [0.05, 0.1) is 47.2 Å². The fraction of sp³-hybridized carbons (Fsp3) is 0.500. The van der Waals surface area contributed by atoms with Crippen molar-refractivity contribution in [3.05, 3.63) is 41.7 Å². The smallest absolute Gasteiger partial charge is 0.377 e. The van der Waals surface area contributed by atoms with Crippen molar-refractivity contribution in [1.29, 1.82) is 0 Å². The maximum absolute atomic E-state index is 14.8. The van der Waals surface area contributed by atoms with Crippen molar-refractivity contribution in [3.63, 3.8) is 0 Å². The predicted molar refractivity (Wildman–Crippen MR) is 150 cm³/mol. The number of aryl methyl sites for hydroxylation is 1. The summed E-state index contributed by atoms with van der Waals surface area (Å²) >= 11 is 0. The van der Waals surface area contributed by atoms with E-state index in [1.54, 1.807) is 24.6 Å². The zero-order chi connectivity index (χ0) is 28.7. The van der Waals surface area contributed by atoms with Gasteiger partial charge in [-0.3, -0.25) is 4.68 Å². The van der Waals surface area contributed by atoms with Crippen molar-refractivity contribution < 1.29 is 17.9 Å². The number of halogens is 3. The minimum Gasteiger partial charge on any atom is -0.377 e. The molecule has 2 fully saturated rings. The van der Waals surface area contributed by atoms with E-state index in [9.17, 15) is 13.2 Å². The van der Waals surface area contributed by atoms with Crippen LogP contribution in [0.3, 0.4) is 0 Å². The number of piperidine rings is 1. The van der Waals surface area contributed by atoms with Gasteiger partial charge in [-0.1, -0.05) is 12.1 Å². The number of nitrogens with one attached hydrogen (secondary N) is 2. The largest absolute Gasteiger partial charge is 0.433 e. The van der Waals surface area contributed by atoms with Crippen LogP contribution in [-0.4, -0.2) is 75.2 Å². The molecule has 0 bridgehead atoms. The number of hydrogen-bond donors (Lipinski definition) is 2. The van der Waals surface area contributed by atoms with Crippen LogP contribution in [0.1, 0.15) is 31.2 Å². The number of nitrogens with zero attached hydrogens (tertiary/aromatic N) is 7. The molecule has 13 heteroatoms. The van der Waals surface area contributed by atoms with Gasteiger partial charge >= 0.3 is 6.18 Å². The number of morpholine rings is 1. The number of anilines is 2. The van der Waals surface area contributed by atoms with Crippen LogP contribution >= 0.6 is 0 Å².